The molecule has 7 heteroatoms. The van der Waals surface area contributed by atoms with Crippen molar-refractivity contribution in [3.05, 3.63) is 50.5 Å². The molecule has 0 aliphatic heterocycles. The second kappa shape index (κ2) is 6.15. The highest BCUT2D eigenvalue weighted by atomic mass is 79.9. The highest BCUT2D eigenvalue weighted by Gasteiger charge is 2.24. The summed E-state index contributed by atoms with van der Waals surface area (Å²) < 4.78 is 0.543. The maximum atomic E-state index is 12.1. The van der Waals surface area contributed by atoms with Crippen LogP contribution in [0, 0.1) is 16.0 Å². The number of aliphatic hydroxyl groups excluding tert-OH is 1. The number of carbonyl (C=O) groups is 1. The van der Waals surface area contributed by atoms with Crippen LogP contribution in [0.5, 0.6) is 0 Å². The summed E-state index contributed by atoms with van der Waals surface area (Å²) in [5.74, 6) is -0.461. The first kappa shape index (κ1) is 14.7. The average molecular weight is 341 g/mol. The molecular formula is C13H13BrN2O4. The molecule has 1 aromatic rings. The molecule has 0 fully saturated rings. The number of carbonyl (C=O) groups excluding carboxylic acids is 1. The lowest BCUT2D eigenvalue weighted by Crippen LogP contribution is -2.33. The number of aliphatic hydroxyl groups is 1. The fourth-order valence-corrected chi connectivity index (χ4v) is 2.46. The van der Waals surface area contributed by atoms with Crippen molar-refractivity contribution < 1.29 is 14.8 Å². The zero-order valence-electron chi connectivity index (χ0n) is 10.5. The number of halogens is 1. The number of nitrogens with one attached hydrogen (secondary N) is 1. The number of nitro benzene ring substituents is 1. The van der Waals surface area contributed by atoms with Gasteiger partial charge in [0.15, 0.2) is 0 Å². The third-order valence-electron chi connectivity index (χ3n) is 3.12. The van der Waals surface area contributed by atoms with Gasteiger partial charge in [0.2, 0.25) is 0 Å². The first-order chi connectivity index (χ1) is 9.51. The minimum atomic E-state index is -0.583. The Morgan fingerprint density at radius 3 is 2.85 bits per heavy atom. The van der Waals surface area contributed by atoms with Gasteiger partial charge in [-0.15, -0.1) is 0 Å². The predicted molar refractivity (Wildman–Crippen MR) is 76.4 cm³/mol. The Hall–Kier alpha value is -1.73. The number of hydrogen-bond acceptors (Lipinski definition) is 4. The fourth-order valence-electron chi connectivity index (χ4n) is 2.11. The number of benzene rings is 1. The fraction of sp³-hybridized carbons (Fsp3) is 0.308. The number of amides is 1. The molecule has 0 unspecified atom stereocenters. The van der Waals surface area contributed by atoms with E-state index in [1.54, 1.807) is 12.1 Å². The molecule has 1 aliphatic rings. The zero-order chi connectivity index (χ0) is 14.7. The molecule has 0 spiro atoms. The number of nitrogens with zero attached hydrogens (tertiary/aromatic N) is 1. The molecule has 0 bridgehead atoms. The van der Waals surface area contributed by atoms with E-state index in [0.717, 1.165) is 0 Å². The van der Waals surface area contributed by atoms with E-state index in [1.807, 2.05) is 6.08 Å². The van der Waals surface area contributed by atoms with E-state index in [2.05, 4.69) is 21.2 Å². The standard InChI is InChI=1S/C13H13BrN2O4/c14-9-2-4-11(12(6-9)16(19)20)13(18)15-10-3-1-8(5-10)7-17/h1-4,6,8,10,17H,5,7H2,(H,15,18)/t8-,10+/m0/s1. The second-order valence-corrected chi connectivity index (χ2v) is 5.48. The third kappa shape index (κ3) is 3.23. The molecule has 2 N–H and O–H groups in total. The molecule has 1 aliphatic carbocycles. The topological polar surface area (TPSA) is 92.5 Å². The zero-order valence-corrected chi connectivity index (χ0v) is 12.0. The summed E-state index contributed by atoms with van der Waals surface area (Å²) in [5, 5.41) is 22.7. The molecule has 1 aromatic carbocycles. The van der Waals surface area contributed by atoms with E-state index in [1.165, 1.54) is 12.1 Å². The van der Waals surface area contributed by atoms with Crippen molar-refractivity contribution in [3.63, 3.8) is 0 Å². The van der Waals surface area contributed by atoms with Gasteiger partial charge in [0.25, 0.3) is 11.6 Å². The summed E-state index contributed by atoms with van der Waals surface area (Å²) >= 11 is 3.14. The number of rotatable bonds is 4. The Morgan fingerprint density at radius 1 is 1.50 bits per heavy atom. The van der Waals surface area contributed by atoms with Crippen LogP contribution in [0.2, 0.25) is 0 Å². The van der Waals surface area contributed by atoms with Crippen LogP contribution in [0.3, 0.4) is 0 Å². The minimum Gasteiger partial charge on any atom is -0.396 e. The Morgan fingerprint density at radius 2 is 2.25 bits per heavy atom. The van der Waals surface area contributed by atoms with Crippen molar-refractivity contribution in [2.24, 2.45) is 5.92 Å². The maximum absolute atomic E-state index is 12.1. The minimum absolute atomic E-state index is 0.0269. The SMILES string of the molecule is O=C(N[C@@H]1C=C[C@H](CO)C1)c1ccc(Br)cc1[N+](=O)[O-]. The molecule has 2 rings (SSSR count). The van der Waals surface area contributed by atoms with Gasteiger partial charge in [-0.1, -0.05) is 28.1 Å². The summed E-state index contributed by atoms with van der Waals surface area (Å²) in [4.78, 5) is 22.5. The van der Waals surface area contributed by atoms with E-state index in [9.17, 15) is 14.9 Å². The van der Waals surface area contributed by atoms with Gasteiger partial charge in [-0.3, -0.25) is 14.9 Å². The molecule has 20 heavy (non-hydrogen) atoms. The smallest absolute Gasteiger partial charge is 0.283 e. The Labute approximate surface area is 123 Å². The molecule has 0 saturated heterocycles. The van der Waals surface area contributed by atoms with Crippen LogP contribution >= 0.6 is 15.9 Å². The molecule has 0 saturated carbocycles. The van der Waals surface area contributed by atoms with Gasteiger partial charge in [0.05, 0.1) is 4.92 Å². The van der Waals surface area contributed by atoms with Crippen molar-refractivity contribution in [3.8, 4) is 0 Å². The third-order valence-corrected chi connectivity index (χ3v) is 3.62. The summed E-state index contributed by atoms with van der Waals surface area (Å²) in [7, 11) is 0. The Balaban J connectivity index is 2.14. The van der Waals surface area contributed by atoms with Crippen molar-refractivity contribution in [1.82, 2.24) is 5.32 Å². The van der Waals surface area contributed by atoms with Gasteiger partial charge in [0.1, 0.15) is 5.56 Å². The molecule has 1 amide bonds. The molecule has 0 radical (unpaired) electrons. The highest BCUT2D eigenvalue weighted by molar-refractivity contribution is 9.10. The summed E-state index contributed by atoms with van der Waals surface area (Å²) in [6.07, 6.45) is 4.23. The molecular weight excluding hydrogens is 328 g/mol. The summed E-state index contributed by atoms with van der Waals surface area (Å²) in [6.45, 7) is 0.0291. The average Bonchev–Trinajstić information content (AvgIpc) is 2.86. The first-order valence-corrected chi connectivity index (χ1v) is 6.84. The summed E-state index contributed by atoms with van der Waals surface area (Å²) in [6, 6.07) is 4.10. The van der Waals surface area contributed by atoms with Gasteiger partial charge in [-0.05, 0) is 18.6 Å². The molecule has 6 nitrogen and oxygen atoms in total. The monoisotopic (exact) mass is 340 g/mol. The van der Waals surface area contributed by atoms with Gasteiger partial charge in [-0.2, -0.15) is 0 Å². The molecule has 0 heterocycles. The Bertz CT molecular complexity index is 573. The van der Waals surface area contributed by atoms with Crippen molar-refractivity contribution >= 4 is 27.5 Å². The van der Waals surface area contributed by atoms with E-state index < -0.39 is 10.8 Å². The van der Waals surface area contributed by atoms with Crippen LogP contribution < -0.4 is 5.32 Å². The summed E-state index contributed by atoms with van der Waals surface area (Å²) in [5.41, 5.74) is -0.211. The van der Waals surface area contributed by atoms with E-state index in [-0.39, 0.29) is 29.8 Å². The maximum Gasteiger partial charge on any atom is 0.283 e. The van der Waals surface area contributed by atoms with Crippen LogP contribution in [-0.4, -0.2) is 28.6 Å². The van der Waals surface area contributed by atoms with E-state index in [4.69, 9.17) is 5.11 Å². The van der Waals surface area contributed by atoms with Gasteiger partial charge >= 0.3 is 0 Å². The molecule has 2 atom stereocenters. The molecule has 106 valence electrons. The van der Waals surface area contributed by atoms with Crippen LogP contribution in [0.15, 0.2) is 34.8 Å². The number of hydrogen-bond donors (Lipinski definition) is 2. The van der Waals surface area contributed by atoms with Gasteiger partial charge in [0, 0.05) is 29.1 Å². The van der Waals surface area contributed by atoms with Crippen molar-refractivity contribution in [2.45, 2.75) is 12.5 Å². The van der Waals surface area contributed by atoms with Crippen LogP contribution in [0.25, 0.3) is 0 Å². The lowest BCUT2D eigenvalue weighted by Gasteiger charge is -2.12. The largest absolute Gasteiger partial charge is 0.396 e. The lowest BCUT2D eigenvalue weighted by molar-refractivity contribution is -0.385. The van der Waals surface area contributed by atoms with Crippen molar-refractivity contribution in [1.29, 1.82) is 0 Å². The predicted octanol–water partition coefficient (Wildman–Crippen LogP) is 2.02. The second-order valence-electron chi connectivity index (χ2n) is 4.56. The normalized spacial score (nSPS) is 20.9. The van der Waals surface area contributed by atoms with E-state index >= 15 is 0 Å². The van der Waals surface area contributed by atoms with Crippen LogP contribution in [-0.2, 0) is 0 Å². The van der Waals surface area contributed by atoms with Gasteiger partial charge < -0.3 is 10.4 Å². The molecule has 0 aromatic heterocycles. The quantitative estimate of drug-likeness (QED) is 0.498. The first-order valence-electron chi connectivity index (χ1n) is 6.05. The highest BCUT2D eigenvalue weighted by Crippen LogP contribution is 2.24. The Kier molecular flexibility index (Phi) is 4.51. The van der Waals surface area contributed by atoms with E-state index in [0.29, 0.717) is 10.9 Å². The van der Waals surface area contributed by atoms with Gasteiger partial charge in [-0.25, -0.2) is 0 Å². The number of nitro groups is 1. The van der Waals surface area contributed by atoms with Crippen LogP contribution in [0.4, 0.5) is 5.69 Å². The lowest BCUT2D eigenvalue weighted by atomic mass is 10.1. The van der Waals surface area contributed by atoms with Crippen molar-refractivity contribution in [2.75, 3.05) is 6.61 Å². The van der Waals surface area contributed by atoms with Crippen LogP contribution in [0.1, 0.15) is 16.8 Å².